The topological polar surface area (TPSA) is 136 Å². The maximum absolute atomic E-state index is 11.7. The minimum absolute atomic E-state index is 0.00530. The summed E-state index contributed by atoms with van der Waals surface area (Å²) in [6.45, 7) is 0. The average Bonchev–Trinajstić information content (AvgIpc) is 2.42. The second-order valence-corrected chi connectivity index (χ2v) is 6.00. The number of hydrogen-bond donors (Lipinski definition) is 2. The molecule has 1 unspecified atom stereocenters. The number of aliphatic carboxylic acids is 1. The van der Waals surface area contributed by atoms with Crippen molar-refractivity contribution in [2.75, 3.05) is 20.0 Å². The summed E-state index contributed by atoms with van der Waals surface area (Å²) in [7, 11) is -1.54. The van der Waals surface area contributed by atoms with Crippen molar-refractivity contribution in [3.63, 3.8) is 0 Å². The van der Waals surface area contributed by atoms with Gasteiger partial charge >= 0.3 is 17.9 Å². The SMILES string of the molecule is COC(=O)CCCS(=O)(=O)NC(CCC(=O)OC)C(=O)O. The lowest BCUT2D eigenvalue weighted by Crippen LogP contribution is -2.42. The molecule has 0 bridgehead atoms. The normalized spacial score (nSPS) is 12.5. The lowest BCUT2D eigenvalue weighted by atomic mass is 10.2. The molecule has 0 aliphatic rings. The highest BCUT2D eigenvalue weighted by molar-refractivity contribution is 7.89. The van der Waals surface area contributed by atoms with Crippen molar-refractivity contribution in [1.29, 1.82) is 0 Å². The van der Waals surface area contributed by atoms with E-state index in [2.05, 4.69) is 9.47 Å². The van der Waals surface area contributed by atoms with Crippen LogP contribution >= 0.6 is 0 Å². The van der Waals surface area contributed by atoms with Crippen LogP contribution in [0.2, 0.25) is 0 Å². The third kappa shape index (κ3) is 8.97. The van der Waals surface area contributed by atoms with Crippen LogP contribution < -0.4 is 4.72 Å². The van der Waals surface area contributed by atoms with Crippen LogP contribution in [0.1, 0.15) is 25.7 Å². The van der Waals surface area contributed by atoms with Crippen LogP contribution in [-0.4, -0.2) is 57.4 Å². The third-order valence-corrected chi connectivity index (χ3v) is 3.98. The summed E-state index contributed by atoms with van der Waals surface area (Å²) in [5.74, 6) is -2.99. The fraction of sp³-hybridized carbons (Fsp3) is 0.727. The fourth-order valence-corrected chi connectivity index (χ4v) is 2.68. The van der Waals surface area contributed by atoms with Crippen LogP contribution in [0.3, 0.4) is 0 Å². The van der Waals surface area contributed by atoms with Gasteiger partial charge in [0.2, 0.25) is 10.0 Å². The Bertz CT molecular complexity index is 473. The summed E-state index contributed by atoms with van der Waals surface area (Å²) in [6.07, 6.45) is -0.529. The monoisotopic (exact) mass is 325 g/mol. The highest BCUT2D eigenvalue weighted by atomic mass is 32.2. The Labute approximate surface area is 122 Å². The number of carboxylic acids is 1. The van der Waals surface area contributed by atoms with Crippen molar-refractivity contribution in [2.45, 2.75) is 31.7 Å². The molecule has 0 aromatic heterocycles. The van der Waals surface area contributed by atoms with Gasteiger partial charge in [0.15, 0.2) is 0 Å². The molecular formula is C11H19NO8S. The number of methoxy groups -OCH3 is 2. The van der Waals surface area contributed by atoms with E-state index in [-0.39, 0.29) is 25.7 Å². The number of carbonyl (C=O) groups excluding carboxylic acids is 2. The number of sulfonamides is 1. The summed E-state index contributed by atoms with van der Waals surface area (Å²) in [5, 5.41) is 8.92. The molecule has 1 atom stereocenters. The van der Waals surface area contributed by atoms with Gasteiger partial charge in [-0.05, 0) is 12.8 Å². The number of esters is 2. The number of hydrogen-bond acceptors (Lipinski definition) is 7. The quantitative estimate of drug-likeness (QED) is 0.501. The molecule has 9 nitrogen and oxygen atoms in total. The molecule has 0 amide bonds. The molecule has 0 heterocycles. The number of rotatable bonds is 10. The fourth-order valence-electron chi connectivity index (χ4n) is 1.38. The molecule has 0 aromatic rings. The van der Waals surface area contributed by atoms with E-state index in [1.54, 1.807) is 0 Å². The second kappa shape index (κ2) is 9.29. The lowest BCUT2D eigenvalue weighted by Gasteiger charge is -2.14. The van der Waals surface area contributed by atoms with Gasteiger partial charge in [-0.2, -0.15) is 0 Å². The first-order valence-electron chi connectivity index (χ1n) is 6.08. The van der Waals surface area contributed by atoms with Gasteiger partial charge in [-0.15, -0.1) is 0 Å². The molecular weight excluding hydrogens is 306 g/mol. The first-order chi connectivity index (χ1) is 9.71. The molecule has 0 radical (unpaired) electrons. The van der Waals surface area contributed by atoms with Gasteiger partial charge in [0, 0.05) is 12.8 Å². The summed E-state index contributed by atoms with van der Waals surface area (Å²) in [6, 6.07) is -1.42. The van der Waals surface area contributed by atoms with Crippen molar-refractivity contribution in [3.05, 3.63) is 0 Å². The van der Waals surface area contributed by atoms with E-state index >= 15 is 0 Å². The Kier molecular flexibility index (Phi) is 8.55. The van der Waals surface area contributed by atoms with Gasteiger partial charge < -0.3 is 14.6 Å². The first kappa shape index (κ1) is 19.3. The van der Waals surface area contributed by atoms with E-state index < -0.39 is 39.7 Å². The van der Waals surface area contributed by atoms with E-state index in [4.69, 9.17) is 5.11 Å². The third-order valence-electron chi connectivity index (χ3n) is 2.51. The van der Waals surface area contributed by atoms with Crippen molar-refractivity contribution >= 4 is 27.9 Å². The highest BCUT2D eigenvalue weighted by Crippen LogP contribution is 2.04. The Morgan fingerprint density at radius 1 is 1.10 bits per heavy atom. The van der Waals surface area contributed by atoms with Gasteiger partial charge in [-0.1, -0.05) is 0 Å². The molecule has 0 spiro atoms. The molecule has 0 saturated heterocycles. The molecule has 10 heteroatoms. The highest BCUT2D eigenvalue weighted by Gasteiger charge is 2.24. The Balaban J connectivity index is 4.44. The average molecular weight is 325 g/mol. The van der Waals surface area contributed by atoms with Crippen LogP contribution in [0.5, 0.6) is 0 Å². The number of nitrogens with one attached hydrogen (secondary N) is 1. The Hall–Kier alpha value is -1.68. The lowest BCUT2D eigenvalue weighted by molar-refractivity contribution is -0.142. The molecule has 0 aliphatic carbocycles. The van der Waals surface area contributed by atoms with Gasteiger partial charge in [0.1, 0.15) is 6.04 Å². The van der Waals surface area contributed by atoms with Gasteiger partial charge in [-0.3, -0.25) is 14.4 Å². The summed E-state index contributed by atoms with van der Waals surface area (Å²) in [5.41, 5.74) is 0. The zero-order valence-corrected chi connectivity index (χ0v) is 12.6. The molecule has 2 N–H and O–H groups in total. The molecule has 122 valence electrons. The number of carbonyl (C=O) groups is 3. The maximum atomic E-state index is 11.7. The van der Waals surface area contributed by atoms with E-state index in [0.29, 0.717) is 0 Å². The largest absolute Gasteiger partial charge is 0.480 e. The van der Waals surface area contributed by atoms with Crippen LogP contribution in [0.15, 0.2) is 0 Å². The summed E-state index contributed by atoms with van der Waals surface area (Å²) in [4.78, 5) is 32.7. The molecule has 21 heavy (non-hydrogen) atoms. The maximum Gasteiger partial charge on any atom is 0.321 e. The van der Waals surface area contributed by atoms with Crippen LogP contribution in [0.25, 0.3) is 0 Å². The van der Waals surface area contributed by atoms with Gasteiger partial charge in [0.25, 0.3) is 0 Å². The second-order valence-electron chi connectivity index (χ2n) is 4.12. The molecule has 0 aliphatic heterocycles. The minimum Gasteiger partial charge on any atom is -0.480 e. The van der Waals surface area contributed by atoms with Gasteiger partial charge in [-0.25, -0.2) is 13.1 Å². The smallest absolute Gasteiger partial charge is 0.321 e. The number of carboxylic acid groups (broad SMARTS) is 1. The van der Waals surface area contributed by atoms with Crippen molar-refractivity contribution in [3.8, 4) is 0 Å². The Morgan fingerprint density at radius 3 is 2.10 bits per heavy atom. The van der Waals surface area contributed by atoms with Crippen LogP contribution in [0, 0.1) is 0 Å². The molecule has 0 saturated carbocycles. The van der Waals surface area contributed by atoms with E-state index in [1.807, 2.05) is 4.72 Å². The predicted molar refractivity (Wildman–Crippen MR) is 70.8 cm³/mol. The van der Waals surface area contributed by atoms with Crippen LogP contribution in [-0.2, 0) is 33.9 Å². The van der Waals surface area contributed by atoms with Gasteiger partial charge in [0.05, 0.1) is 20.0 Å². The van der Waals surface area contributed by atoms with E-state index in [1.165, 1.54) is 7.11 Å². The van der Waals surface area contributed by atoms with Crippen LogP contribution in [0.4, 0.5) is 0 Å². The summed E-state index contributed by atoms with van der Waals surface area (Å²) >= 11 is 0. The molecule has 0 aromatic carbocycles. The van der Waals surface area contributed by atoms with Crippen molar-refractivity contribution < 1.29 is 37.4 Å². The summed E-state index contributed by atoms with van der Waals surface area (Å²) < 4.78 is 34.1. The molecule has 0 fully saturated rings. The van der Waals surface area contributed by atoms with Crippen molar-refractivity contribution in [1.82, 2.24) is 4.72 Å². The number of ether oxygens (including phenoxy) is 2. The van der Waals surface area contributed by atoms with Crippen molar-refractivity contribution in [2.24, 2.45) is 0 Å². The standard InChI is InChI=1S/C11H19NO8S/c1-19-9(13)4-3-7-21(17,18)12-8(11(15)16)5-6-10(14)20-2/h8,12H,3-7H2,1-2H3,(H,15,16). The first-order valence-corrected chi connectivity index (χ1v) is 7.73. The zero-order valence-electron chi connectivity index (χ0n) is 11.8. The predicted octanol–water partition coefficient (Wildman–Crippen LogP) is -0.735. The molecule has 0 rings (SSSR count). The minimum atomic E-state index is -3.88. The Morgan fingerprint density at radius 2 is 1.62 bits per heavy atom. The van der Waals surface area contributed by atoms with E-state index in [0.717, 1.165) is 7.11 Å². The zero-order chi connectivity index (χ0) is 16.5. The van der Waals surface area contributed by atoms with E-state index in [9.17, 15) is 22.8 Å².